The Morgan fingerprint density at radius 3 is 0.795 bits per heavy atom. The Bertz CT molecular complexity index is 4600. The zero-order valence-corrected chi connectivity index (χ0v) is 51.5. The molecule has 0 unspecified atom stereocenters. The summed E-state index contributed by atoms with van der Waals surface area (Å²) in [6, 6.07) is 95.5. The number of nitrogens with zero attached hydrogens (tertiary/aromatic N) is 2. The van der Waals surface area contributed by atoms with Gasteiger partial charge in [0.15, 0.2) is 0 Å². The molecule has 12 aromatic carbocycles. The summed E-state index contributed by atoms with van der Waals surface area (Å²) in [5.41, 5.74) is 32.7. The van der Waals surface area contributed by atoms with Crippen LogP contribution in [0, 0.1) is 0 Å². The molecule has 0 radical (unpaired) electrons. The van der Waals surface area contributed by atoms with Crippen molar-refractivity contribution in [3.8, 4) is 44.5 Å². The van der Waals surface area contributed by atoms with E-state index in [1.54, 1.807) is 0 Å². The number of hydrogen-bond donors (Lipinski definition) is 0. The molecule has 2 heteroatoms. The second-order valence-corrected chi connectivity index (χ2v) is 27.0. The lowest BCUT2D eigenvalue weighted by atomic mass is 9.81. The quantitative estimate of drug-likeness (QED) is 0.126. The summed E-state index contributed by atoms with van der Waals surface area (Å²) in [5.74, 6) is 0. The Morgan fingerprint density at radius 1 is 0.205 bits per heavy atom. The first-order valence-electron chi connectivity index (χ1n) is 31.3. The van der Waals surface area contributed by atoms with Crippen molar-refractivity contribution in [2.24, 2.45) is 0 Å². The third kappa shape index (κ3) is 8.36. The second kappa shape index (κ2) is 19.8. The van der Waals surface area contributed by atoms with Gasteiger partial charge in [0.2, 0.25) is 0 Å². The Morgan fingerprint density at radius 2 is 0.455 bits per heavy atom. The van der Waals surface area contributed by atoms with Crippen LogP contribution in [0.2, 0.25) is 0 Å². The SMILES string of the molecule is CC1(C)c2ccccc2-c2ccc(N(c3ccccc3)c3ccc4c(c3)C(C)(C)c3cc(C=Cc5ccc6cc(C=Cc7ccc8c(c7)C(C)(C)c7cc(N(c9ccccc9)c9ccc%10c(c9)C(C)(C)c9ccccc9-%10)ccc7-8)ccc6c5)ccc3-4)cc21. The maximum Gasteiger partial charge on any atom is 0.0465 e. The third-order valence-electron chi connectivity index (χ3n) is 20.4. The van der Waals surface area contributed by atoms with E-state index >= 15 is 0 Å². The molecule has 0 saturated carbocycles. The first kappa shape index (κ1) is 53.5. The normalized spacial score (nSPS) is 15.3. The van der Waals surface area contributed by atoms with E-state index in [0.717, 1.165) is 22.7 Å². The van der Waals surface area contributed by atoms with Gasteiger partial charge >= 0.3 is 0 Å². The van der Waals surface area contributed by atoms with Gasteiger partial charge in [0.25, 0.3) is 0 Å². The zero-order chi connectivity index (χ0) is 59.8. The van der Waals surface area contributed by atoms with Gasteiger partial charge in [-0.2, -0.15) is 0 Å². The Kier molecular flexibility index (Phi) is 12.0. The minimum Gasteiger partial charge on any atom is -0.310 e. The van der Waals surface area contributed by atoms with E-state index < -0.39 is 0 Å². The fraction of sp³-hybridized carbons (Fsp3) is 0.140. The molecule has 0 atom stereocenters. The van der Waals surface area contributed by atoms with E-state index in [9.17, 15) is 0 Å². The Labute approximate surface area is 519 Å². The van der Waals surface area contributed by atoms with Crippen LogP contribution in [0.4, 0.5) is 34.1 Å². The molecule has 0 aliphatic heterocycles. The van der Waals surface area contributed by atoms with Crippen LogP contribution in [0.25, 0.3) is 79.6 Å². The number of hydrogen-bond acceptors (Lipinski definition) is 2. The molecule has 424 valence electrons. The van der Waals surface area contributed by atoms with E-state index in [1.165, 1.54) is 133 Å². The summed E-state index contributed by atoms with van der Waals surface area (Å²) in [5, 5.41) is 2.46. The van der Waals surface area contributed by atoms with Crippen molar-refractivity contribution in [1.29, 1.82) is 0 Å². The molecule has 12 aromatic rings. The predicted molar refractivity (Wildman–Crippen MR) is 374 cm³/mol. The minimum absolute atomic E-state index is 0.0902. The summed E-state index contributed by atoms with van der Waals surface area (Å²) in [6.07, 6.45) is 9.07. The standard InChI is InChI=1S/C86H70N2/c1-83(2)75-25-17-15-23-67(75)71-43-37-63(51-79(71)83)87(61-19-11-9-12-20-61)65-39-45-73-69-41-33-57(49-77(69)85(5,6)81(73)53-65)29-27-55-31-35-60-48-56(32-36-59(60)47-55)28-30-58-34-42-70-74-46-40-66(54-82(74)86(7,8)78(70)50-58)88(62-21-13-10-14-22-62)64-38-44-72-68-24-16-18-26-76(68)84(3,4)80(72)52-64/h9-54H,1-8H3. The van der Waals surface area contributed by atoms with Crippen LogP contribution in [0.3, 0.4) is 0 Å². The fourth-order valence-electron chi connectivity index (χ4n) is 15.6. The van der Waals surface area contributed by atoms with Crippen molar-refractivity contribution in [3.05, 3.63) is 322 Å². The first-order valence-corrected chi connectivity index (χ1v) is 31.3. The summed E-state index contributed by atoms with van der Waals surface area (Å²) >= 11 is 0. The molecule has 16 rings (SSSR count). The van der Waals surface area contributed by atoms with E-state index in [2.05, 4.69) is 344 Å². The Balaban J connectivity index is 0.628. The Hall–Kier alpha value is -10.0. The minimum atomic E-state index is -0.195. The highest BCUT2D eigenvalue weighted by Crippen LogP contribution is 2.56. The van der Waals surface area contributed by atoms with Gasteiger partial charge in [-0.25, -0.2) is 0 Å². The predicted octanol–water partition coefficient (Wildman–Crippen LogP) is 23.3. The van der Waals surface area contributed by atoms with Gasteiger partial charge in [-0.05, 0) is 207 Å². The van der Waals surface area contributed by atoms with E-state index in [0.29, 0.717) is 0 Å². The average molecular weight is 1130 g/mol. The third-order valence-corrected chi connectivity index (χ3v) is 20.4. The molecule has 0 N–H and O–H groups in total. The van der Waals surface area contributed by atoms with Crippen molar-refractivity contribution in [2.75, 3.05) is 9.80 Å². The van der Waals surface area contributed by atoms with E-state index in [-0.39, 0.29) is 21.7 Å². The van der Waals surface area contributed by atoms with Crippen LogP contribution in [0.5, 0.6) is 0 Å². The van der Waals surface area contributed by atoms with Gasteiger partial charge < -0.3 is 9.80 Å². The highest BCUT2D eigenvalue weighted by Gasteiger charge is 2.40. The lowest BCUT2D eigenvalue weighted by Gasteiger charge is -2.29. The summed E-state index contributed by atoms with van der Waals surface area (Å²) in [4.78, 5) is 4.87. The van der Waals surface area contributed by atoms with Gasteiger partial charge in [-0.15, -0.1) is 0 Å². The molecule has 4 aliphatic rings. The zero-order valence-electron chi connectivity index (χ0n) is 51.5. The largest absolute Gasteiger partial charge is 0.310 e. The summed E-state index contributed by atoms with van der Waals surface area (Å²) < 4.78 is 0. The van der Waals surface area contributed by atoms with Gasteiger partial charge in [0.05, 0.1) is 0 Å². The number of rotatable bonds is 10. The van der Waals surface area contributed by atoms with Crippen molar-refractivity contribution in [3.63, 3.8) is 0 Å². The molecule has 0 spiro atoms. The molecule has 0 saturated heterocycles. The van der Waals surface area contributed by atoms with Gasteiger partial charge in [-0.3, -0.25) is 0 Å². The van der Waals surface area contributed by atoms with Crippen LogP contribution in [0.15, 0.2) is 255 Å². The van der Waals surface area contributed by atoms with Crippen molar-refractivity contribution < 1.29 is 0 Å². The van der Waals surface area contributed by atoms with Crippen LogP contribution >= 0.6 is 0 Å². The number of fused-ring (bicyclic) bond motifs is 13. The number of benzene rings is 12. The maximum absolute atomic E-state index is 2.44. The molecule has 88 heavy (non-hydrogen) atoms. The van der Waals surface area contributed by atoms with Gasteiger partial charge in [0.1, 0.15) is 0 Å². The van der Waals surface area contributed by atoms with Gasteiger partial charge in [0, 0.05) is 55.8 Å². The molecule has 0 bridgehead atoms. The monoisotopic (exact) mass is 1130 g/mol. The smallest absolute Gasteiger partial charge is 0.0465 e. The highest BCUT2D eigenvalue weighted by molar-refractivity contribution is 5.93. The molecule has 0 aromatic heterocycles. The number of para-hydroxylation sites is 2. The molecule has 0 amide bonds. The van der Waals surface area contributed by atoms with Gasteiger partial charge in [-0.1, -0.05) is 250 Å². The number of anilines is 6. The van der Waals surface area contributed by atoms with E-state index in [1.807, 2.05) is 0 Å². The van der Waals surface area contributed by atoms with Crippen molar-refractivity contribution in [1.82, 2.24) is 0 Å². The second-order valence-electron chi connectivity index (χ2n) is 27.0. The van der Waals surface area contributed by atoms with Crippen LogP contribution < -0.4 is 9.80 Å². The molecular formula is C86H70N2. The molecular weight excluding hydrogens is 1060 g/mol. The topological polar surface area (TPSA) is 6.48 Å². The lowest BCUT2D eigenvalue weighted by Crippen LogP contribution is -2.18. The van der Waals surface area contributed by atoms with Crippen LogP contribution in [0.1, 0.15) is 122 Å². The lowest BCUT2D eigenvalue weighted by molar-refractivity contribution is 0.659. The fourth-order valence-corrected chi connectivity index (χ4v) is 15.6. The van der Waals surface area contributed by atoms with Crippen LogP contribution in [-0.2, 0) is 21.7 Å². The summed E-state index contributed by atoms with van der Waals surface area (Å²) in [7, 11) is 0. The highest BCUT2D eigenvalue weighted by atomic mass is 15.1. The molecule has 2 nitrogen and oxygen atoms in total. The van der Waals surface area contributed by atoms with Crippen molar-refractivity contribution >= 4 is 69.2 Å². The molecule has 0 fully saturated rings. The average Bonchev–Trinajstić information content (AvgIpc) is 1.63. The molecule has 4 aliphatic carbocycles. The van der Waals surface area contributed by atoms with Crippen molar-refractivity contribution in [2.45, 2.75) is 77.0 Å². The summed E-state index contributed by atoms with van der Waals surface area (Å²) in [6.45, 7) is 19.0. The van der Waals surface area contributed by atoms with Crippen LogP contribution in [-0.4, -0.2) is 0 Å². The molecule has 0 heterocycles. The first-order chi connectivity index (χ1) is 42.6. The van der Waals surface area contributed by atoms with E-state index in [4.69, 9.17) is 0 Å². The maximum atomic E-state index is 2.44.